The van der Waals surface area contributed by atoms with E-state index in [4.69, 9.17) is 0 Å². The molecule has 0 spiro atoms. The van der Waals surface area contributed by atoms with E-state index < -0.39 is 0 Å². The molecule has 0 aliphatic heterocycles. The highest BCUT2D eigenvalue weighted by Gasteiger charge is 2.13. The van der Waals surface area contributed by atoms with E-state index >= 15 is 0 Å². The first-order valence-electron chi connectivity index (χ1n) is 7.30. The van der Waals surface area contributed by atoms with E-state index in [1.807, 2.05) is 20.8 Å². The summed E-state index contributed by atoms with van der Waals surface area (Å²) in [6.07, 6.45) is 1.64. The van der Waals surface area contributed by atoms with Crippen molar-refractivity contribution in [3.8, 4) is 0 Å². The molecular formula is C16H21FN4O. The van der Waals surface area contributed by atoms with Crippen LogP contribution in [0.5, 0.6) is 0 Å². The minimum Gasteiger partial charge on any atom is -0.310 e. The molecule has 1 heterocycles. The number of benzene rings is 1. The first-order valence-corrected chi connectivity index (χ1v) is 7.30. The Morgan fingerprint density at radius 2 is 2.00 bits per heavy atom. The van der Waals surface area contributed by atoms with Gasteiger partial charge in [0.15, 0.2) is 0 Å². The minimum atomic E-state index is -0.277. The number of aromatic nitrogens is 2. The molecule has 2 N–H and O–H groups in total. The lowest BCUT2D eigenvalue weighted by atomic mass is 10.1. The van der Waals surface area contributed by atoms with Gasteiger partial charge in [-0.05, 0) is 26.8 Å². The fourth-order valence-electron chi connectivity index (χ4n) is 2.19. The van der Waals surface area contributed by atoms with Crippen molar-refractivity contribution in [3.05, 3.63) is 47.9 Å². The van der Waals surface area contributed by atoms with E-state index in [0.29, 0.717) is 11.4 Å². The molecule has 2 rings (SSSR count). The van der Waals surface area contributed by atoms with Gasteiger partial charge in [0, 0.05) is 23.7 Å². The Hall–Kier alpha value is -2.21. The van der Waals surface area contributed by atoms with Gasteiger partial charge >= 0.3 is 0 Å². The lowest BCUT2D eigenvalue weighted by Crippen LogP contribution is -2.31. The van der Waals surface area contributed by atoms with Crippen molar-refractivity contribution in [3.63, 3.8) is 0 Å². The summed E-state index contributed by atoms with van der Waals surface area (Å²) in [6, 6.07) is 8.20. The highest BCUT2D eigenvalue weighted by atomic mass is 19.1. The first-order chi connectivity index (χ1) is 10.5. The van der Waals surface area contributed by atoms with Crippen LogP contribution in [0, 0.1) is 5.82 Å². The molecule has 2 aromatic rings. The zero-order valence-corrected chi connectivity index (χ0v) is 13.0. The molecule has 1 unspecified atom stereocenters. The van der Waals surface area contributed by atoms with Gasteiger partial charge in [0.2, 0.25) is 5.91 Å². The first kappa shape index (κ1) is 16.2. The standard InChI is InChI=1S/C16H21FN4O/c1-11(2)21-15(8-9-19-21)20-16(22)10-18-12(3)13-6-4-5-7-14(13)17/h4-9,11-12,18H,10H2,1-3H3,(H,20,22). The van der Waals surface area contributed by atoms with Crippen LogP contribution in [0.3, 0.4) is 0 Å². The average Bonchev–Trinajstić information content (AvgIpc) is 2.93. The fraction of sp³-hybridized carbons (Fsp3) is 0.375. The van der Waals surface area contributed by atoms with Crippen molar-refractivity contribution in [1.82, 2.24) is 15.1 Å². The number of hydrogen-bond donors (Lipinski definition) is 2. The van der Waals surface area contributed by atoms with E-state index in [-0.39, 0.29) is 30.4 Å². The Morgan fingerprint density at radius 1 is 1.27 bits per heavy atom. The van der Waals surface area contributed by atoms with Crippen LogP contribution in [0.2, 0.25) is 0 Å². The van der Waals surface area contributed by atoms with Crippen molar-refractivity contribution >= 4 is 11.7 Å². The molecule has 0 radical (unpaired) electrons. The van der Waals surface area contributed by atoms with Crippen LogP contribution in [-0.2, 0) is 4.79 Å². The van der Waals surface area contributed by atoms with Crippen LogP contribution in [-0.4, -0.2) is 22.2 Å². The number of amides is 1. The zero-order chi connectivity index (χ0) is 16.1. The molecule has 0 saturated carbocycles. The number of nitrogens with one attached hydrogen (secondary N) is 2. The van der Waals surface area contributed by atoms with Gasteiger partial charge in [-0.25, -0.2) is 9.07 Å². The molecule has 118 valence electrons. The molecule has 0 saturated heterocycles. The summed E-state index contributed by atoms with van der Waals surface area (Å²) >= 11 is 0. The van der Waals surface area contributed by atoms with E-state index in [0.717, 1.165) is 0 Å². The van der Waals surface area contributed by atoms with Gasteiger partial charge in [-0.2, -0.15) is 5.10 Å². The van der Waals surface area contributed by atoms with Crippen LogP contribution < -0.4 is 10.6 Å². The summed E-state index contributed by atoms with van der Waals surface area (Å²) in [5, 5.41) is 9.97. The second-order valence-electron chi connectivity index (χ2n) is 5.43. The third kappa shape index (κ3) is 3.92. The van der Waals surface area contributed by atoms with E-state index in [2.05, 4.69) is 15.7 Å². The number of halogens is 1. The lowest BCUT2D eigenvalue weighted by molar-refractivity contribution is -0.115. The molecule has 6 heteroatoms. The summed E-state index contributed by atoms with van der Waals surface area (Å²) in [5.41, 5.74) is 0.544. The Balaban J connectivity index is 1.90. The number of anilines is 1. The van der Waals surface area contributed by atoms with Gasteiger partial charge in [0.25, 0.3) is 0 Å². The lowest BCUT2D eigenvalue weighted by Gasteiger charge is -2.16. The summed E-state index contributed by atoms with van der Waals surface area (Å²) < 4.78 is 15.4. The molecule has 5 nitrogen and oxygen atoms in total. The summed E-state index contributed by atoms with van der Waals surface area (Å²) in [7, 11) is 0. The highest BCUT2D eigenvalue weighted by Crippen LogP contribution is 2.16. The van der Waals surface area contributed by atoms with E-state index in [1.54, 1.807) is 35.1 Å². The van der Waals surface area contributed by atoms with Gasteiger partial charge in [-0.15, -0.1) is 0 Å². The quantitative estimate of drug-likeness (QED) is 0.862. The van der Waals surface area contributed by atoms with Crippen LogP contribution >= 0.6 is 0 Å². The Kier molecular flexibility index (Phi) is 5.27. The number of carbonyl (C=O) groups excluding carboxylic acids is 1. The second kappa shape index (κ2) is 7.17. The topological polar surface area (TPSA) is 59.0 Å². The molecule has 0 aliphatic carbocycles. The van der Waals surface area contributed by atoms with Crippen LogP contribution in [0.15, 0.2) is 36.5 Å². The third-order valence-electron chi connectivity index (χ3n) is 3.37. The van der Waals surface area contributed by atoms with Crippen molar-refractivity contribution in [2.45, 2.75) is 32.9 Å². The SMILES string of the molecule is CC(NCC(=O)Nc1ccnn1C(C)C)c1ccccc1F. The zero-order valence-electron chi connectivity index (χ0n) is 13.0. The van der Waals surface area contributed by atoms with E-state index in [9.17, 15) is 9.18 Å². The molecule has 0 aliphatic rings. The third-order valence-corrected chi connectivity index (χ3v) is 3.37. The van der Waals surface area contributed by atoms with Crippen LogP contribution in [0.1, 0.15) is 38.4 Å². The van der Waals surface area contributed by atoms with Gasteiger partial charge in [-0.3, -0.25) is 4.79 Å². The van der Waals surface area contributed by atoms with Crippen molar-refractivity contribution in [1.29, 1.82) is 0 Å². The Morgan fingerprint density at radius 3 is 2.68 bits per heavy atom. The number of rotatable bonds is 6. The maximum absolute atomic E-state index is 13.7. The largest absolute Gasteiger partial charge is 0.310 e. The van der Waals surface area contributed by atoms with Crippen molar-refractivity contribution in [2.75, 3.05) is 11.9 Å². The van der Waals surface area contributed by atoms with Crippen LogP contribution in [0.25, 0.3) is 0 Å². The molecule has 1 atom stereocenters. The summed E-state index contributed by atoms with van der Waals surface area (Å²) in [5.74, 6) is 0.187. The maximum atomic E-state index is 13.7. The molecule has 1 aromatic heterocycles. The smallest absolute Gasteiger partial charge is 0.239 e. The maximum Gasteiger partial charge on any atom is 0.239 e. The van der Waals surface area contributed by atoms with Gasteiger partial charge in [0.1, 0.15) is 11.6 Å². The predicted molar refractivity (Wildman–Crippen MR) is 84.1 cm³/mol. The van der Waals surface area contributed by atoms with Gasteiger partial charge < -0.3 is 10.6 Å². The van der Waals surface area contributed by atoms with E-state index in [1.165, 1.54) is 6.07 Å². The predicted octanol–water partition coefficient (Wildman–Crippen LogP) is 2.89. The minimum absolute atomic E-state index is 0.0960. The average molecular weight is 304 g/mol. The van der Waals surface area contributed by atoms with Crippen LogP contribution in [0.4, 0.5) is 10.2 Å². The normalized spacial score (nSPS) is 12.4. The Bertz CT molecular complexity index is 639. The molecule has 1 amide bonds. The van der Waals surface area contributed by atoms with Gasteiger partial charge in [0.05, 0.1) is 12.7 Å². The molecule has 22 heavy (non-hydrogen) atoms. The molecular weight excluding hydrogens is 283 g/mol. The van der Waals surface area contributed by atoms with Gasteiger partial charge in [-0.1, -0.05) is 18.2 Å². The molecule has 0 fully saturated rings. The number of hydrogen-bond acceptors (Lipinski definition) is 3. The summed E-state index contributed by atoms with van der Waals surface area (Å²) in [4.78, 5) is 12.0. The second-order valence-corrected chi connectivity index (χ2v) is 5.43. The number of carbonyl (C=O) groups is 1. The molecule has 0 bridgehead atoms. The fourth-order valence-corrected chi connectivity index (χ4v) is 2.19. The highest BCUT2D eigenvalue weighted by molar-refractivity contribution is 5.91. The number of nitrogens with zero attached hydrogens (tertiary/aromatic N) is 2. The summed E-state index contributed by atoms with van der Waals surface area (Å²) in [6.45, 7) is 5.89. The molecule has 1 aromatic carbocycles. The van der Waals surface area contributed by atoms with Crippen molar-refractivity contribution < 1.29 is 9.18 Å². The van der Waals surface area contributed by atoms with Crippen molar-refractivity contribution in [2.24, 2.45) is 0 Å². The monoisotopic (exact) mass is 304 g/mol. The Labute approximate surface area is 129 Å².